The number of nitrogens with one attached hydrogen (secondary N) is 1. The molecule has 2 saturated heterocycles. The van der Waals surface area contributed by atoms with E-state index in [-0.39, 0.29) is 0 Å². The molecular weight excluding hydrogens is 322 g/mol. The fraction of sp³-hybridized carbons (Fsp3) is 0.545. The maximum Gasteiger partial charge on any atom is 0.122 e. The molecular formula is C22H31N3O. The largest absolute Gasteiger partial charge is 0.468 e. The van der Waals surface area contributed by atoms with Crippen LogP contribution in [0.1, 0.15) is 49.5 Å². The van der Waals surface area contributed by atoms with Gasteiger partial charge >= 0.3 is 0 Å². The Morgan fingerprint density at radius 1 is 0.885 bits per heavy atom. The summed E-state index contributed by atoms with van der Waals surface area (Å²) < 4.78 is 5.71. The van der Waals surface area contributed by atoms with Crippen molar-refractivity contribution in [2.45, 2.75) is 44.7 Å². The first-order chi connectivity index (χ1) is 12.9. The molecule has 1 aromatic heterocycles. The number of rotatable bonds is 7. The molecule has 0 saturated carbocycles. The fourth-order valence-corrected chi connectivity index (χ4v) is 4.27. The first-order valence-corrected chi connectivity index (χ1v) is 10.2. The van der Waals surface area contributed by atoms with Gasteiger partial charge in [-0.15, -0.1) is 0 Å². The van der Waals surface area contributed by atoms with Crippen molar-refractivity contribution < 1.29 is 4.42 Å². The van der Waals surface area contributed by atoms with Gasteiger partial charge in [0.25, 0.3) is 0 Å². The van der Waals surface area contributed by atoms with E-state index in [0.717, 1.165) is 18.8 Å². The molecule has 4 rings (SSSR count). The molecule has 2 fully saturated rings. The Labute approximate surface area is 157 Å². The molecule has 4 heteroatoms. The lowest BCUT2D eigenvalue weighted by Gasteiger charge is -2.29. The molecule has 140 valence electrons. The molecule has 0 spiro atoms. The van der Waals surface area contributed by atoms with Crippen molar-refractivity contribution in [3.05, 3.63) is 54.0 Å². The summed E-state index contributed by atoms with van der Waals surface area (Å²) in [6.07, 6.45) is 8.43. The first kappa shape index (κ1) is 17.6. The summed E-state index contributed by atoms with van der Waals surface area (Å²) in [7, 11) is 0. The molecule has 4 nitrogen and oxygen atoms in total. The van der Waals surface area contributed by atoms with Crippen LogP contribution in [-0.4, -0.2) is 37.6 Å². The second kappa shape index (κ2) is 8.74. The normalized spacial score (nSPS) is 19.8. The van der Waals surface area contributed by atoms with Gasteiger partial charge < -0.3 is 14.6 Å². The van der Waals surface area contributed by atoms with Crippen LogP contribution in [0.4, 0.5) is 5.69 Å². The number of piperidine rings is 1. The minimum absolute atomic E-state index is 0.347. The van der Waals surface area contributed by atoms with Gasteiger partial charge in [0.2, 0.25) is 0 Å². The number of hydrogen-bond acceptors (Lipinski definition) is 4. The summed E-state index contributed by atoms with van der Waals surface area (Å²) in [6, 6.07) is 13.6. The van der Waals surface area contributed by atoms with Crippen LogP contribution in [0.25, 0.3) is 0 Å². The van der Waals surface area contributed by atoms with E-state index < -0.39 is 0 Å². The lowest BCUT2D eigenvalue weighted by molar-refractivity contribution is 0.209. The summed E-state index contributed by atoms with van der Waals surface area (Å²) in [4.78, 5) is 5.06. The number of likely N-dealkylation sites (tertiary alicyclic amines) is 1. The Morgan fingerprint density at radius 3 is 2.31 bits per heavy atom. The average Bonchev–Trinajstić information content (AvgIpc) is 3.41. The van der Waals surface area contributed by atoms with Crippen LogP contribution in [0.5, 0.6) is 0 Å². The third kappa shape index (κ3) is 4.30. The highest BCUT2D eigenvalue weighted by Gasteiger charge is 2.25. The Hall–Kier alpha value is -1.78. The molecule has 26 heavy (non-hydrogen) atoms. The van der Waals surface area contributed by atoms with Crippen molar-refractivity contribution >= 4 is 5.69 Å². The third-order valence-corrected chi connectivity index (χ3v) is 5.78. The summed E-state index contributed by atoms with van der Waals surface area (Å²) in [5.74, 6) is 1.08. The highest BCUT2D eigenvalue weighted by atomic mass is 16.3. The van der Waals surface area contributed by atoms with Gasteiger partial charge in [0, 0.05) is 31.9 Å². The van der Waals surface area contributed by atoms with E-state index in [9.17, 15) is 0 Å². The van der Waals surface area contributed by atoms with Crippen molar-refractivity contribution in [1.82, 2.24) is 10.2 Å². The highest BCUT2D eigenvalue weighted by Crippen LogP contribution is 2.25. The second-order valence-corrected chi connectivity index (χ2v) is 7.62. The second-order valence-electron chi connectivity index (χ2n) is 7.62. The van der Waals surface area contributed by atoms with E-state index in [1.54, 1.807) is 6.26 Å². The quantitative estimate of drug-likeness (QED) is 0.808. The van der Waals surface area contributed by atoms with E-state index in [1.165, 1.54) is 69.5 Å². The number of nitrogens with zero attached hydrogens (tertiary/aromatic N) is 2. The van der Waals surface area contributed by atoms with Gasteiger partial charge in [0.1, 0.15) is 5.76 Å². The molecule has 3 heterocycles. The van der Waals surface area contributed by atoms with E-state index >= 15 is 0 Å². The molecule has 1 N–H and O–H groups in total. The van der Waals surface area contributed by atoms with Gasteiger partial charge in [0.05, 0.1) is 12.3 Å². The van der Waals surface area contributed by atoms with Crippen molar-refractivity contribution in [1.29, 1.82) is 0 Å². The molecule has 0 amide bonds. The monoisotopic (exact) mass is 353 g/mol. The van der Waals surface area contributed by atoms with Gasteiger partial charge in [-0.2, -0.15) is 0 Å². The maximum absolute atomic E-state index is 5.71. The van der Waals surface area contributed by atoms with Gasteiger partial charge in [-0.25, -0.2) is 0 Å². The maximum atomic E-state index is 5.71. The SMILES string of the molecule is c1coc(C(CNCc2ccc(N3CCCCC3)cc2)N2CCCC2)c1. The molecule has 2 aliphatic heterocycles. The Bertz CT molecular complexity index is 641. The molecule has 1 atom stereocenters. The van der Waals surface area contributed by atoms with Crippen LogP contribution in [-0.2, 0) is 6.54 Å². The van der Waals surface area contributed by atoms with Crippen LogP contribution >= 0.6 is 0 Å². The topological polar surface area (TPSA) is 31.7 Å². The van der Waals surface area contributed by atoms with Crippen LogP contribution in [0.3, 0.4) is 0 Å². The lowest BCUT2D eigenvalue weighted by atomic mass is 10.1. The Kier molecular flexibility index (Phi) is 5.92. The van der Waals surface area contributed by atoms with Gasteiger partial charge in [0.15, 0.2) is 0 Å². The molecule has 1 unspecified atom stereocenters. The third-order valence-electron chi connectivity index (χ3n) is 5.78. The zero-order valence-electron chi connectivity index (χ0n) is 15.7. The minimum Gasteiger partial charge on any atom is -0.468 e. The van der Waals surface area contributed by atoms with Crippen molar-refractivity contribution in [3.63, 3.8) is 0 Å². The highest BCUT2D eigenvalue weighted by molar-refractivity contribution is 5.47. The average molecular weight is 354 g/mol. The molecule has 0 aliphatic carbocycles. The van der Waals surface area contributed by atoms with Crippen molar-refractivity contribution in [2.24, 2.45) is 0 Å². The van der Waals surface area contributed by atoms with Gasteiger partial charge in [-0.05, 0) is 75.0 Å². The van der Waals surface area contributed by atoms with Gasteiger partial charge in [-0.1, -0.05) is 12.1 Å². The van der Waals surface area contributed by atoms with E-state index in [1.807, 2.05) is 6.07 Å². The fourth-order valence-electron chi connectivity index (χ4n) is 4.27. The Morgan fingerprint density at radius 2 is 1.62 bits per heavy atom. The number of benzene rings is 1. The van der Waals surface area contributed by atoms with E-state index in [0.29, 0.717) is 6.04 Å². The predicted octanol–water partition coefficient (Wildman–Crippen LogP) is 4.20. The molecule has 0 radical (unpaired) electrons. The zero-order chi connectivity index (χ0) is 17.6. The van der Waals surface area contributed by atoms with Crippen LogP contribution < -0.4 is 10.2 Å². The van der Waals surface area contributed by atoms with Gasteiger partial charge in [-0.3, -0.25) is 4.90 Å². The molecule has 2 aliphatic rings. The molecule has 1 aromatic carbocycles. The van der Waals surface area contributed by atoms with Crippen molar-refractivity contribution in [2.75, 3.05) is 37.6 Å². The minimum atomic E-state index is 0.347. The summed E-state index contributed by atoms with van der Waals surface area (Å²) in [5, 5.41) is 3.65. The smallest absolute Gasteiger partial charge is 0.122 e. The Balaban J connectivity index is 1.31. The summed E-state index contributed by atoms with van der Waals surface area (Å²) in [6.45, 7) is 6.61. The van der Waals surface area contributed by atoms with Crippen LogP contribution in [0, 0.1) is 0 Å². The van der Waals surface area contributed by atoms with Crippen LogP contribution in [0.2, 0.25) is 0 Å². The lowest BCUT2D eigenvalue weighted by Crippen LogP contribution is -2.33. The van der Waals surface area contributed by atoms with E-state index in [4.69, 9.17) is 4.42 Å². The zero-order valence-corrected chi connectivity index (χ0v) is 15.7. The molecule has 0 bridgehead atoms. The predicted molar refractivity (Wildman–Crippen MR) is 106 cm³/mol. The first-order valence-electron chi connectivity index (χ1n) is 10.2. The van der Waals surface area contributed by atoms with Crippen molar-refractivity contribution in [3.8, 4) is 0 Å². The standard InChI is InChI=1S/C22H31N3O/c1-2-12-24(13-3-1)20-10-8-19(9-11-20)17-23-18-21(22-7-6-16-26-22)25-14-4-5-15-25/h6-11,16,21,23H,1-5,12-15,17-18H2. The summed E-state index contributed by atoms with van der Waals surface area (Å²) >= 11 is 0. The summed E-state index contributed by atoms with van der Waals surface area (Å²) in [5.41, 5.74) is 2.73. The number of hydrogen-bond donors (Lipinski definition) is 1. The molecule has 2 aromatic rings. The number of anilines is 1. The number of furan rings is 1. The van der Waals surface area contributed by atoms with Crippen LogP contribution in [0.15, 0.2) is 47.1 Å². The van der Waals surface area contributed by atoms with E-state index in [2.05, 4.69) is 45.4 Å².